The van der Waals surface area contributed by atoms with E-state index in [9.17, 15) is 0 Å². The number of nitrogens with zero attached hydrogens (tertiary/aromatic N) is 3. The van der Waals surface area contributed by atoms with E-state index < -0.39 is 11.6 Å². The van der Waals surface area contributed by atoms with Gasteiger partial charge in [0.15, 0.2) is 11.6 Å². The highest BCUT2D eigenvalue weighted by Gasteiger charge is 2.38. The molecule has 2 rings (SSSR count). The van der Waals surface area contributed by atoms with Crippen LogP contribution in [0.3, 0.4) is 0 Å². The van der Waals surface area contributed by atoms with Crippen LogP contribution in [0.2, 0.25) is 0 Å². The molecule has 0 bridgehead atoms. The lowest BCUT2D eigenvalue weighted by atomic mass is 10.1. The van der Waals surface area contributed by atoms with Gasteiger partial charge < -0.3 is 18.9 Å². The summed E-state index contributed by atoms with van der Waals surface area (Å²) in [7, 11) is 0. The molecule has 0 saturated carbocycles. The maximum absolute atomic E-state index is 8.75. The SMILES string of the molecule is CC1(C)OCC(N(CC[N+]#N)C2COC(C)(C)OC2)CO1. The van der Waals surface area contributed by atoms with Gasteiger partial charge in [-0.05, 0) is 27.7 Å². The van der Waals surface area contributed by atoms with Gasteiger partial charge in [-0.3, -0.25) is 4.90 Å². The van der Waals surface area contributed by atoms with E-state index in [-0.39, 0.29) is 12.1 Å². The molecule has 0 amide bonds. The van der Waals surface area contributed by atoms with Crippen LogP contribution in [0.1, 0.15) is 27.7 Å². The lowest BCUT2D eigenvalue weighted by molar-refractivity contribution is -0.287. The van der Waals surface area contributed by atoms with E-state index in [1.807, 2.05) is 27.7 Å². The summed E-state index contributed by atoms with van der Waals surface area (Å²) >= 11 is 0. The second-order valence-electron chi connectivity index (χ2n) is 6.45. The molecule has 7 heteroatoms. The summed E-state index contributed by atoms with van der Waals surface area (Å²) < 4.78 is 22.9. The van der Waals surface area contributed by atoms with Crippen LogP contribution in [0, 0.1) is 5.39 Å². The molecule has 0 atom stereocenters. The van der Waals surface area contributed by atoms with Gasteiger partial charge in [-0.15, -0.1) is 0 Å². The van der Waals surface area contributed by atoms with Crippen LogP contribution in [0.5, 0.6) is 0 Å². The molecule has 120 valence electrons. The Morgan fingerprint density at radius 3 is 1.62 bits per heavy atom. The fraction of sp³-hybridized carbons (Fsp3) is 1.00. The molecule has 2 aliphatic heterocycles. The van der Waals surface area contributed by atoms with E-state index >= 15 is 0 Å². The minimum Gasteiger partial charge on any atom is -0.349 e. The minimum atomic E-state index is -0.537. The molecule has 0 radical (unpaired) electrons. The molecule has 0 spiro atoms. The van der Waals surface area contributed by atoms with Crippen LogP contribution in [0.15, 0.2) is 0 Å². The molecular formula is C14H26N3O4+. The predicted molar refractivity (Wildman–Crippen MR) is 76.2 cm³/mol. The first-order valence-electron chi connectivity index (χ1n) is 7.45. The first-order valence-corrected chi connectivity index (χ1v) is 7.45. The summed E-state index contributed by atoms with van der Waals surface area (Å²) in [5.41, 5.74) is 0. The second-order valence-corrected chi connectivity index (χ2v) is 6.45. The minimum absolute atomic E-state index is 0.109. The van der Waals surface area contributed by atoms with E-state index in [1.165, 1.54) is 0 Å². The van der Waals surface area contributed by atoms with Crippen molar-refractivity contribution in [2.24, 2.45) is 0 Å². The van der Waals surface area contributed by atoms with E-state index in [1.54, 1.807) is 0 Å². The third kappa shape index (κ3) is 4.59. The summed E-state index contributed by atoms with van der Waals surface area (Å²) in [6.07, 6.45) is 0. The number of hydrogen-bond donors (Lipinski definition) is 0. The van der Waals surface area contributed by atoms with Crippen LogP contribution >= 0.6 is 0 Å². The highest BCUT2D eigenvalue weighted by molar-refractivity contribution is 4.86. The lowest BCUT2D eigenvalue weighted by Gasteiger charge is -2.45. The van der Waals surface area contributed by atoms with Crippen LogP contribution < -0.4 is 0 Å². The van der Waals surface area contributed by atoms with Crippen LogP contribution in [0.25, 0.3) is 4.98 Å². The zero-order valence-corrected chi connectivity index (χ0v) is 13.4. The zero-order chi connectivity index (χ0) is 15.5. The van der Waals surface area contributed by atoms with Gasteiger partial charge in [0.1, 0.15) is 4.98 Å². The first-order chi connectivity index (χ1) is 9.83. The average Bonchev–Trinajstić information content (AvgIpc) is 2.42. The standard InChI is InChI=1S/C14H26N3O4/c1-13(2)18-7-11(8-19-13)17(6-5-16-15)12-9-20-14(3,4)21-10-12/h11-12H,5-10H2,1-4H3/q+1. The summed E-state index contributed by atoms with van der Waals surface area (Å²) in [4.78, 5) is 5.42. The largest absolute Gasteiger partial charge is 0.349 e. The van der Waals surface area contributed by atoms with Crippen molar-refractivity contribution >= 4 is 0 Å². The molecule has 2 aliphatic rings. The number of hydrogen-bond acceptors (Lipinski definition) is 6. The molecule has 2 fully saturated rings. The third-order valence-corrected chi connectivity index (χ3v) is 3.89. The Hall–Kier alpha value is -0.780. The van der Waals surface area contributed by atoms with Crippen LogP contribution in [0.4, 0.5) is 0 Å². The van der Waals surface area contributed by atoms with Crippen molar-refractivity contribution < 1.29 is 18.9 Å². The van der Waals surface area contributed by atoms with Crippen molar-refractivity contribution in [2.45, 2.75) is 51.4 Å². The molecule has 0 N–H and O–H groups in total. The van der Waals surface area contributed by atoms with Gasteiger partial charge in [0.2, 0.25) is 5.39 Å². The van der Waals surface area contributed by atoms with Gasteiger partial charge in [-0.1, -0.05) is 0 Å². The van der Waals surface area contributed by atoms with Crippen molar-refractivity contribution in [1.82, 2.24) is 4.90 Å². The molecule has 2 saturated heterocycles. The van der Waals surface area contributed by atoms with Crippen molar-refractivity contribution in [3.63, 3.8) is 0 Å². The number of diazo groups is 1. The smallest absolute Gasteiger partial charge is 0.318 e. The van der Waals surface area contributed by atoms with Gasteiger partial charge in [-0.25, -0.2) is 0 Å². The predicted octanol–water partition coefficient (Wildman–Crippen LogP) is 1.44. The summed E-state index contributed by atoms with van der Waals surface area (Å²) in [6.45, 7) is 10.9. The Morgan fingerprint density at radius 2 is 1.29 bits per heavy atom. The van der Waals surface area contributed by atoms with Crippen molar-refractivity contribution in [3.05, 3.63) is 4.98 Å². The van der Waals surface area contributed by atoms with E-state index in [0.29, 0.717) is 39.5 Å². The molecule has 0 aromatic heterocycles. The Morgan fingerprint density at radius 1 is 0.905 bits per heavy atom. The van der Waals surface area contributed by atoms with Gasteiger partial charge in [0, 0.05) is 0 Å². The highest BCUT2D eigenvalue weighted by Crippen LogP contribution is 2.25. The topological polar surface area (TPSA) is 68.3 Å². The van der Waals surface area contributed by atoms with Gasteiger partial charge in [-0.2, -0.15) is 0 Å². The molecular weight excluding hydrogens is 274 g/mol. The van der Waals surface area contributed by atoms with Crippen molar-refractivity contribution in [1.29, 1.82) is 5.39 Å². The van der Waals surface area contributed by atoms with E-state index in [4.69, 9.17) is 24.3 Å². The number of rotatable bonds is 4. The van der Waals surface area contributed by atoms with Crippen molar-refractivity contribution in [2.75, 3.05) is 39.5 Å². The fourth-order valence-electron chi connectivity index (χ4n) is 2.57. The van der Waals surface area contributed by atoms with Gasteiger partial charge >= 0.3 is 6.54 Å². The maximum atomic E-state index is 8.75. The molecule has 0 aromatic carbocycles. The van der Waals surface area contributed by atoms with Crippen molar-refractivity contribution in [3.8, 4) is 0 Å². The Balaban J connectivity index is 1.97. The molecule has 0 aromatic rings. The lowest BCUT2D eigenvalue weighted by Crippen LogP contribution is -2.59. The summed E-state index contributed by atoms with van der Waals surface area (Å²) in [6, 6.07) is 0.219. The second kappa shape index (κ2) is 6.55. The normalized spacial score (nSPS) is 26.7. The van der Waals surface area contributed by atoms with Crippen LogP contribution in [-0.2, 0) is 18.9 Å². The Labute approximate surface area is 126 Å². The van der Waals surface area contributed by atoms with E-state index in [0.717, 1.165) is 0 Å². The van der Waals surface area contributed by atoms with Gasteiger partial charge in [0.05, 0.1) is 45.1 Å². The molecule has 7 nitrogen and oxygen atoms in total. The quantitative estimate of drug-likeness (QED) is 0.732. The summed E-state index contributed by atoms with van der Waals surface area (Å²) in [5.74, 6) is -1.07. The van der Waals surface area contributed by atoms with Crippen LogP contribution in [-0.4, -0.2) is 68.1 Å². The fourth-order valence-corrected chi connectivity index (χ4v) is 2.57. The third-order valence-electron chi connectivity index (χ3n) is 3.89. The molecule has 0 unspecified atom stereocenters. The average molecular weight is 300 g/mol. The molecule has 0 aliphatic carbocycles. The Bertz CT molecular complexity index is 346. The zero-order valence-electron chi connectivity index (χ0n) is 13.4. The highest BCUT2D eigenvalue weighted by atomic mass is 16.7. The van der Waals surface area contributed by atoms with E-state index in [2.05, 4.69) is 9.88 Å². The Kier molecular flexibility index (Phi) is 5.17. The summed E-state index contributed by atoms with van der Waals surface area (Å²) in [5, 5.41) is 8.75. The number of ether oxygens (including phenoxy) is 4. The molecule has 2 heterocycles. The first kappa shape index (κ1) is 16.6. The maximum Gasteiger partial charge on any atom is 0.318 e. The monoisotopic (exact) mass is 300 g/mol. The molecule has 21 heavy (non-hydrogen) atoms. The van der Waals surface area contributed by atoms with Gasteiger partial charge in [0.25, 0.3) is 0 Å².